The second-order valence-corrected chi connectivity index (χ2v) is 6.22. The van der Waals surface area contributed by atoms with E-state index in [1.54, 1.807) is 18.2 Å². The fraction of sp³-hybridized carbons (Fsp3) is 0.167. The monoisotopic (exact) mass is 379 g/mol. The van der Waals surface area contributed by atoms with Gasteiger partial charge in [0, 0.05) is 18.4 Å². The summed E-state index contributed by atoms with van der Waals surface area (Å²) in [5.74, 6) is -0.973. The molecule has 2 rings (SSSR count). The molecule has 0 aliphatic carbocycles. The van der Waals surface area contributed by atoms with E-state index in [1.807, 2.05) is 0 Å². The van der Waals surface area contributed by atoms with Gasteiger partial charge in [-0.1, -0.05) is 29.3 Å². The van der Waals surface area contributed by atoms with E-state index in [2.05, 4.69) is 5.32 Å². The van der Waals surface area contributed by atoms with E-state index in [-0.39, 0.29) is 23.5 Å². The van der Waals surface area contributed by atoms with Crippen LogP contribution < -0.4 is 10.1 Å². The quantitative estimate of drug-likeness (QED) is 0.620. The number of hydrogen-bond acceptors (Lipinski definition) is 4. The molecule has 7 heteroatoms. The number of esters is 1. The number of amides is 1. The molecule has 2 aromatic carbocycles. The third-order valence-electron chi connectivity index (χ3n) is 3.17. The van der Waals surface area contributed by atoms with Crippen molar-refractivity contribution in [1.82, 2.24) is 0 Å². The molecule has 0 unspecified atom stereocenters. The smallest absolute Gasteiger partial charge is 0.308 e. The summed E-state index contributed by atoms with van der Waals surface area (Å²) in [6, 6.07) is 9.27. The first-order chi connectivity index (χ1) is 11.8. The van der Waals surface area contributed by atoms with Gasteiger partial charge in [-0.2, -0.15) is 0 Å². The van der Waals surface area contributed by atoms with E-state index < -0.39 is 11.9 Å². The molecular formula is C18H15Cl2NO4. The number of anilines is 1. The maximum atomic E-state index is 12.5. The van der Waals surface area contributed by atoms with Crippen molar-refractivity contribution < 1.29 is 19.1 Å². The second-order valence-electron chi connectivity index (χ2n) is 5.38. The lowest BCUT2D eigenvalue weighted by Gasteiger charge is -2.12. The van der Waals surface area contributed by atoms with Crippen molar-refractivity contribution in [2.24, 2.45) is 0 Å². The van der Waals surface area contributed by atoms with Gasteiger partial charge in [-0.25, -0.2) is 0 Å². The predicted octanol–water partition coefficient (Wildman–Crippen LogP) is 4.30. The van der Waals surface area contributed by atoms with Gasteiger partial charge in [0.15, 0.2) is 0 Å². The SMILES string of the molecule is CC(=O)Cc1ccc(NC(=O)c2cc(Cl)ccc2OC(C)=O)c(Cl)c1. The molecule has 0 bridgehead atoms. The van der Waals surface area contributed by atoms with Crippen LogP contribution in [-0.2, 0) is 16.0 Å². The zero-order valence-electron chi connectivity index (χ0n) is 13.6. The van der Waals surface area contributed by atoms with E-state index >= 15 is 0 Å². The normalized spacial score (nSPS) is 10.2. The van der Waals surface area contributed by atoms with Gasteiger partial charge >= 0.3 is 5.97 Å². The Morgan fingerprint density at radius 1 is 1.04 bits per heavy atom. The number of ketones is 1. The summed E-state index contributed by atoms with van der Waals surface area (Å²) in [5.41, 5.74) is 1.22. The van der Waals surface area contributed by atoms with Gasteiger partial charge in [0.25, 0.3) is 5.91 Å². The molecule has 0 aliphatic heterocycles. The summed E-state index contributed by atoms with van der Waals surface area (Å²) in [5, 5.41) is 3.26. The molecule has 130 valence electrons. The number of halogens is 2. The van der Waals surface area contributed by atoms with Crippen LogP contribution in [0, 0.1) is 0 Å². The van der Waals surface area contributed by atoms with Crippen LogP contribution in [0.2, 0.25) is 10.0 Å². The number of hydrogen-bond donors (Lipinski definition) is 1. The summed E-state index contributed by atoms with van der Waals surface area (Å²) in [7, 11) is 0. The Labute approximate surface area is 154 Å². The first kappa shape index (κ1) is 19.0. The Morgan fingerprint density at radius 2 is 1.76 bits per heavy atom. The molecule has 0 saturated heterocycles. The summed E-state index contributed by atoms with van der Waals surface area (Å²) in [4.78, 5) is 34.8. The Morgan fingerprint density at radius 3 is 2.36 bits per heavy atom. The Bertz CT molecular complexity index is 849. The molecule has 5 nitrogen and oxygen atoms in total. The largest absolute Gasteiger partial charge is 0.426 e. The van der Waals surface area contributed by atoms with Crippen molar-refractivity contribution in [3.8, 4) is 5.75 Å². The van der Waals surface area contributed by atoms with Gasteiger partial charge in [-0.15, -0.1) is 0 Å². The molecule has 0 atom stereocenters. The molecule has 0 spiro atoms. The van der Waals surface area contributed by atoms with E-state index in [0.29, 0.717) is 15.7 Å². The number of carbonyl (C=O) groups excluding carboxylic acids is 3. The molecule has 0 radical (unpaired) electrons. The summed E-state index contributed by atoms with van der Waals surface area (Å²) < 4.78 is 5.02. The van der Waals surface area contributed by atoms with Crippen LogP contribution in [0.1, 0.15) is 29.8 Å². The summed E-state index contributed by atoms with van der Waals surface area (Å²) in [6.07, 6.45) is 0.263. The van der Waals surface area contributed by atoms with E-state index in [1.165, 1.54) is 32.0 Å². The first-order valence-corrected chi connectivity index (χ1v) is 8.09. The van der Waals surface area contributed by atoms with Crippen LogP contribution in [0.5, 0.6) is 5.75 Å². The highest BCUT2D eigenvalue weighted by Gasteiger charge is 2.16. The van der Waals surface area contributed by atoms with Crippen LogP contribution in [0.4, 0.5) is 5.69 Å². The van der Waals surface area contributed by atoms with Gasteiger partial charge in [-0.05, 0) is 42.8 Å². The van der Waals surface area contributed by atoms with Crippen LogP contribution >= 0.6 is 23.2 Å². The minimum Gasteiger partial charge on any atom is -0.426 e. The molecule has 1 N–H and O–H groups in total. The maximum absolute atomic E-state index is 12.5. The van der Waals surface area contributed by atoms with Crippen molar-refractivity contribution in [2.45, 2.75) is 20.3 Å². The minimum absolute atomic E-state index is 0.0119. The molecular weight excluding hydrogens is 365 g/mol. The number of rotatable bonds is 5. The van der Waals surface area contributed by atoms with Gasteiger partial charge < -0.3 is 10.1 Å². The fourth-order valence-corrected chi connectivity index (χ4v) is 2.59. The number of nitrogens with one attached hydrogen (secondary N) is 1. The van der Waals surface area contributed by atoms with E-state index in [9.17, 15) is 14.4 Å². The molecule has 2 aromatic rings. The molecule has 25 heavy (non-hydrogen) atoms. The third kappa shape index (κ3) is 5.31. The van der Waals surface area contributed by atoms with Gasteiger partial charge in [-0.3, -0.25) is 14.4 Å². The van der Waals surface area contributed by atoms with Gasteiger partial charge in [0.2, 0.25) is 0 Å². The number of ether oxygens (including phenoxy) is 1. The van der Waals surface area contributed by atoms with Crippen molar-refractivity contribution in [3.05, 3.63) is 57.6 Å². The second kappa shape index (κ2) is 8.14. The summed E-state index contributed by atoms with van der Waals surface area (Å²) >= 11 is 12.1. The minimum atomic E-state index is -0.553. The highest BCUT2D eigenvalue weighted by molar-refractivity contribution is 6.34. The van der Waals surface area contributed by atoms with E-state index in [0.717, 1.165) is 5.56 Å². The maximum Gasteiger partial charge on any atom is 0.308 e. The number of carbonyl (C=O) groups is 3. The zero-order valence-corrected chi connectivity index (χ0v) is 15.1. The lowest BCUT2D eigenvalue weighted by molar-refractivity contribution is -0.131. The van der Waals surface area contributed by atoms with Gasteiger partial charge in [0.05, 0.1) is 16.3 Å². The van der Waals surface area contributed by atoms with Crippen LogP contribution in [-0.4, -0.2) is 17.7 Å². The van der Waals surface area contributed by atoms with Crippen LogP contribution in [0.15, 0.2) is 36.4 Å². The molecule has 1 amide bonds. The molecule has 0 aliphatic rings. The Balaban J connectivity index is 2.26. The first-order valence-electron chi connectivity index (χ1n) is 7.33. The fourth-order valence-electron chi connectivity index (χ4n) is 2.17. The number of Topliss-reactive ketones (excluding diaryl/α,β-unsaturated/α-hetero) is 1. The standard InChI is InChI=1S/C18H15Cl2NO4/c1-10(22)7-12-3-5-16(15(20)8-12)21-18(24)14-9-13(19)4-6-17(14)25-11(2)23/h3-6,8-9H,7H2,1-2H3,(H,21,24). The van der Waals surface area contributed by atoms with Crippen molar-refractivity contribution in [1.29, 1.82) is 0 Å². The number of benzene rings is 2. The highest BCUT2D eigenvalue weighted by atomic mass is 35.5. The average Bonchev–Trinajstić information content (AvgIpc) is 2.50. The molecule has 0 fully saturated rings. The van der Waals surface area contributed by atoms with Gasteiger partial charge in [0.1, 0.15) is 11.5 Å². The molecule has 0 heterocycles. The average molecular weight is 380 g/mol. The lowest BCUT2D eigenvalue weighted by Crippen LogP contribution is -2.15. The van der Waals surface area contributed by atoms with E-state index in [4.69, 9.17) is 27.9 Å². The summed E-state index contributed by atoms with van der Waals surface area (Å²) in [6.45, 7) is 2.72. The molecule has 0 aromatic heterocycles. The predicted molar refractivity (Wildman–Crippen MR) is 96.6 cm³/mol. The van der Waals surface area contributed by atoms with Crippen molar-refractivity contribution in [3.63, 3.8) is 0 Å². The van der Waals surface area contributed by atoms with Crippen molar-refractivity contribution in [2.75, 3.05) is 5.32 Å². The third-order valence-corrected chi connectivity index (χ3v) is 3.72. The van der Waals surface area contributed by atoms with Crippen molar-refractivity contribution >= 4 is 46.5 Å². The molecule has 0 saturated carbocycles. The van der Waals surface area contributed by atoms with Crippen LogP contribution in [0.3, 0.4) is 0 Å². The zero-order chi connectivity index (χ0) is 18.6. The Hall–Kier alpha value is -2.37. The lowest BCUT2D eigenvalue weighted by atomic mass is 10.1. The van der Waals surface area contributed by atoms with Crippen LogP contribution in [0.25, 0.3) is 0 Å². The Kier molecular flexibility index (Phi) is 6.17. The topological polar surface area (TPSA) is 72.5 Å². The highest BCUT2D eigenvalue weighted by Crippen LogP contribution is 2.27.